The molecular formula is C10H17N3O. The van der Waals surface area contributed by atoms with Gasteiger partial charge in [-0.05, 0) is 24.8 Å². The zero-order chi connectivity index (χ0) is 9.80. The van der Waals surface area contributed by atoms with Gasteiger partial charge in [0.15, 0.2) is 0 Å². The van der Waals surface area contributed by atoms with Gasteiger partial charge in [-0.25, -0.2) is 0 Å². The van der Waals surface area contributed by atoms with E-state index in [1.165, 1.54) is 0 Å². The minimum atomic E-state index is 0.529. The Morgan fingerprint density at radius 1 is 1.50 bits per heavy atom. The van der Waals surface area contributed by atoms with E-state index < -0.39 is 0 Å². The lowest BCUT2D eigenvalue weighted by atomic mass is 10.0. The van der Waals surface area contributed by atoms with E-state index in [2.05, 4.69) is 5.10 Å². The van der Waals surface area contributed by atoms with Crippen molar-refractivity contribution in [2.45, 2.75) is 25.9 Å². The van der Waals surface area contributed by atoms with Crippen molar-refractivity contribution in [3.8, 4) is 0 Å². The molecule has 1 aromatic rings. The van der Waals surface area contributed by atoms with Gasteiger partial charge >= 0.3 is 0 Å². The summed E-state index contributed by atoms with van der Waals surface area (Å²) >= 11 is 0. The van der Waals surface area contributed by atoms with Crippen molar-refractivity contribution < 1.29 is 4.74 Å². The van der Waals surface area contributed by atoms with Crippen LogP contribution in [0.15, 0.2) is 12.3 Å². The molecule has 2 rings (SSSR count). The molecule has 4 heteroatoms. The van der Waals surface area contributed by atoms with E-state index in [1.54, 1.807) is 0 Å². The Bertz CT molecular complexity index is 279. The predicted octanol–water partition coefficient (Wildman–Crippen LogP) is 0.768. The summed E-state index contributed by atoms with van der Waals surface area (Å²) in [6, 6.07) is 1.99. The molecule has 0 amide bonds. The maximum Gasteiger partial charge on any atom is 0.0760 e. The van der Waals surface area contributed by atoms with Crippen molar-refractivity contribution >= 4 is 0 Å². The molecule has 78 valence electrons. The molecule has 2 N–H and O–H groups in total. The van der Waals surface area contributed by atoms with E-state index in [-0.39, 0.29) is 0 Å². The van der Waals surface area contributed by atoms with E-state index in [0.29, 0.717) is 12.5 Å². The standard InChI is InChI=1S/C10H17N3O/c11-7-10-1-4-13(12-10)8-9-2-5-14-6-3-9/h1,4,9H,2-3,5-8,11H2. The number of nitrogens with two attached hydrogens (primary N) is 1. The van der Waals surface area contributed by atoms with Crippen LogP contribution in [-0.4, -0.2) is 23.0 Å². The molecule has 1 aromatic heterocycles. The van der Waals surface area contributed by atoms with E-state index in [1.807, 2.05) is 16.9 Å². The van der Waals surface area contributed by atoms with Crippen LogP contribution in [0.1, 0.15) is 18.5 Å². The SMILES string of the molecule is NCc1ccn(CC2CCOCC2)n1. The van der Waals surface area contributed by atoms with Gasteiger partial charge in [0, 0.05) is 32.5 Å². The Hall–Kier alpha value is -0.870. The highest BCUT2D eigenvalue weighted by molar-refractivity contribution is 4.97. The number of aromatic nitrogens is 2. The van der Waals surface area contributed by atoms with Crippen molar-refractivity contribution in [2.24, 2.45) is 11.7 Å². The number of rotatable bonds is 3. The molecule has 0 spiro atoms. The fourth-order valence-electron chi connectivity index (χ4n) is 1.81. The topological polar surface area (TPSA) is 53.1 Å². The minimum absolute atomic E-state index is 0.529. The summed E-state index contributed by atoms with van der Waals surface area (Å²) in [5, 5.41) is 4.37. The smallest absolute Gasteiger partial charge is 0.0760 e. The van der Waals surface area contributed by atoms with Crippen molar-refractivity contribution in [3.63, 3.8) is 0 Å². The molecule has 0 saturated carbocycles. The van der Waals surface area contributed by atoms with Crippen LogP contribution in [0.2, 0.25) is 0 Å². The number of ether oxygens (including phenoxy) is 1. The third kappa shape index (κ3) is 2.33. The van der Waals surface area contributed by atoms with Crippen LogP contribution in [0.3, 0.4) is 0 Å². The van der Waals surface area contributed by atoms with E-state index >= 15 is 0 Å². The predicted molar refractivity (Wildman–Crippen MR) is 53.7 cm³/mol. The first kappa shape index (κ1) is 9.68. The Labute approximate surface area is 84.0 Å². The average Bonchev–Trinajstić information content (AvgIpc) is 2.67. The second-order valence-electron chi connectivity index (χ2n) is 3.79. The first-order valence-electron chi connectivity index (χ1n) is 5.18. The second-order valence-corrected chi connectivity index (χ2v) is 3.79. The summed E-state index contributed by atoms with van der Waals surface area (Å²) in [6.07, 6.45) is 4.31. The van der Waals surface area contributed by atoms with Crippen LogP contribution >= 0.6 is 0 Å². The van der Waals surface area contributed by atoms with Gasteiger partial charge in [-0.15, -0.1) is 0 Å². The first-order valence-corrected chi connectivity index (χ1v) is 5.18. The monoisotopic (exact) mass is 195 g/mol. The van der Waals surface area contributed by atoms with Crippen LogP contribution in [-0.2, 0) is 17.8 Å². The molecule has 0 aliphatic carbocycles. The second kappa shape index (κ2) is 4.57. The average molecular weight is 195 g/mol. The normalized spacial score (nSPS) is 18.6. The van der Waals surface area contributed by atoms with E-state index in [0.717, 1.165) is 38.3 Å². The van der Waals surface area contributed by atoms with Gasteiger partial charge in [0.2, 0.25) is 0 Å². The van der Waals surface area contributed by atoms with Crippen molar-refractivity contribution in [1.29, 1.82) is 0 Å². The molecule has 0 atom stereocenters. The zero-order valence-corrected chi connectivity index (χ0v) is 8.35. The Kier molecular flexibility index (Phi) is 3.16. The molecule has 14 heavy (non-hydrogen) atoms. The minimum Gasteiger partial charge on any atom is -0.381 e. The summed E-state index contributed by atoms with van der Waals surface area (Å²) in [6.45, 7) is 3.33. The molecule has 0 radical (unpaired) electrons. The number of nitrogens with zero attached hydrogens (tertiary/aromatic N) is 2. The van der Waals surface area contributed by atoms with Crippen LogP contribution in [0.5, 0.6) is 0 Å². The van der Waals surface area contributed by atoms with E-state index in [9.17, 15) is 0 Å². The van der Waals surface area contributed by atoms with Crippen LogP contribution in [0.4, 0.5) is 0 Å². The summed E-state index contributed by atoms with van der Waals surface area (Å²) in [7, 11) is 0. The van der Waals surface area contributed by atoms with Crippen molar-refractivity contribution in [3.05, 3.63) is 18.0 Å². The Balaban J connectivity index is 1.89. The third-order valence-electron chi connectivity index (χ3n) is 2.69. The lowest BCUT2D eigenvalue weighted by molar-refractivity contribution is 0.0601. The van der Waals surface area contributed by atoms with Crippen molar-refractivity contribution in [1.82, 2.24) is 9.78 Å². The quantitative estimate of drug-likeness (QED) is 0.775. The highest BCUT2D eigenvalue weighted by atomic mass is 16.5. The van der Waals surface area contributed by atoms with Gasteiger partial charge < -0.3 is 10.5 Å². The van der Waals surface area contributed by atoms with Crippen LogP contribution in [0.25, 0.3) is 0 Å². The van der Waals surface area contributed by atoms with Gasteiger partial charge in [0.25, 0.3) is 0 Å². The molecule has 1 saturated heterocycles. The summed E-state index contributed by atoms with van der Waals surface area (Å²) in [5.41, 5.74) is 6.47. The van der Waals surface area contributed by atoms with Gasteiger partial charge in [-0.3, -0.25) is 4.68 Å². The van der Waals surface area contributed by atoms with Gasteiger partial charge in [0.1, 0.15) is 0 Å². The highest BCUT2D eigenvalue weighted by Crippen LogP contribution is 2.16. The van der Waals surface area contributed by atoms with Crippen molar-refractivity contribution in [2.75, 3.05) is 13.2 Å². The van der Waals surface area contributed by atoms with Gasteiger partial charge in [0.05, 0.1) is 5.69 Å². The molecule has 1 aliphatic rings. The lowest BCUT2D eigenvalue weighted by Gasteiger charge is -2.21. The summed E-state index contributed by atoms with van der Waals surface area (Å²) in [4.78, 5) is 0. The maximum atomic E-state index is 5.50. The molecule has 4 nitrogen and oxygen atoms in total. The molecule has 0 unspecified atom stereocenters. The molecular weight excluding hydrogens is 178 g/mol. The highest BCUT2D eigenvalue weighted by Gasteiger charge is 2.14. The Morgan fingerprint density at radius 2 is 2.29 bits per heavy atom. The first-order chi connectivity index (χ1) is 6.88. The summed E-state index contributed by atoms with van der Waals surface area (Å²) in [5.74, 6) is 0.717. The lowest BCUT2D eigenvalue weighted by Crippen LogP contribution is -2.20. The van der Waals surface area contributed by atoms with Crippen LogP contribution in [0, 0.1) is 5.92 Å². The Morgan fingerprint density at radius 3 is 2.93 bits per heavy atom. The van der Waals surface area contributed by atoms with Gasteiger partial charge in [-0.1, -0.05) is 0 Å². The third-order valence-corrected chi connectivity index (χ3v) is 2.69. The fourth-order valence-corrected chi connectivity index (χ4v) is 1.81. The molecule has 0 bridgehead atoms. The zero-order valence-electron chi connectivity index (χ0n) is 8.35. The van der Waals surface area contributed by atoms with E-state index in [4.69, 9.17) is 10.5 Å². The molecule has 2 heterocycles. The van der Waals surface area contributed by atoms with Gasteiger partial charge in [-0.2, -0.15) is 5.10 Å². The largest absolute Gasteiger partial charge is 0.381 e. The maximum absolute atomic E-state index is 5.50. The molecule has 0 aromatic carbocycles. The number of hydrogen-bond acceptors (Lipinski definition) is 3. The number of hydrogen-bond donors (Lipinski definition) is 1. The molecule has 1 aliphatic heterocycles. The molecule has 1 fully saturated rings. The van der Waals surface area contributed by atoms with Crippen LogP contribution < -0.4 is 5.73 Å². The summed E-state index contributed by atoms with van der Waals surface area (Å²) < 4.78 is 7.31. The fraction of sp³-hybridized carbons (Fsp3) is 0.700.